The SMILES string of the molecule is CCCN1c2cc(C)c(/C=N\NC(=O)c3cc4cc(Br)cc(OC)c4o3)cc2C(C)CC1(C)C. The second kappa shape index (κ2) is 9.45. The van der Waals surface area contributed by atoms with Gasteiger partial charge in [0.15, 0.2) is 17.1 Å². The Morgan fingerprint density at radius 1 is 1.32 bits per heavy atom. The number of methoxy groups -OCH3 is 1. The molecule has 6 nitrogen and oxygen atoms in total. The Balaban J connectivity index is 1.56. The number of fused-ring (bicyclic) bond motifs is 2. The highest BCUT2D eigenvalue weighted by molar-refractivity contribution is 9.10. The average molecular weight is 526 g/mol. The number of rotatable bonds is 6. The van der Waals surface area contributed by atoms with Gasteiger partial charge in [0.25, 0.3) is 0 Å². The van der Waals surface area contributed by atoms with Crippen LogP contribution < -0.4 is 15.1 Å². The van der Waals surface area contributed by atoms with Crippen LogP contribution in [0.15, 0.2) is 44.3 Å². The second-order valence-corrected chi connectivity index (χ2v) is 10.6. The minimum Gasteiger partial charge on any atom is -0.493 e. The molecule has 0 saturated heterocycles. The number of nitrogens with one attached hydrogen (secondary N) is 1. The molecule has 180 valence electrons. The van der Waals surface area contributed by atoms with Crippen LogP contribution in [0.3, 0.4) is 0 Å². The van der Waals surface area contributed by atoms with Crippen molar-refractivity contribution in [2.45, 2.75) is 58.9 Å². The lowest BCUT2D eigenvalue weighted by molar-refractivity contribution is 0.0929. The molecule has 1 unspecified atom stereocenters. The number of nitrogens with zero attached hydrogens (tertiary/aromatic N) is 2. The third-order valence-electron chi connectivity index (χ3n) is 6.58. The van der Waals surface area contributed by atoms with E-state index in [1.807, 2.05) is 6.07 Å². The first-order valence-corrected chi connectivity index (χ1v) is 12.5. The fourth-order valence-corrected chi connectivity index (χ4v) is 5.46. The van der Waals surface area contributed by atoms with Gasteiger partial charge in [-0.05, 0) is 86.6 Å². The van der Waals surface area contributed by atoms with Gasteiger partial charge in [-0.3, -0.25) is 4.79 Å². The lowest BCUT2D eigenvalue weighted by Gasteiger charge is -2.48. The zero-order valence-corrected chi connectivity index (χ0v) is 22.2. The number of hydrogen-bond donors (Lipinski definition) is 1. The molecular weight excluding hydrogens is 494 g/mol. The van der Waals surface area contributed by atoms with E-state index in [1.165, 1.54) is 11.3 Å². The van der Waals surface area contributed by atoms with Gasteiger partial charge in [0.05, 0.1) is 13.3 Å². The third kappa shape index (κ3) is 4.58. The summed E-state index contributed by atoms with van der Waals surface area (Å²) in [6.07, 6.45) is 3.92. The normalized spacial score (nSPS) is 17.3. The van der Waals surface area contributed by atoms with Gasteiger partial charge >= 0.3 is 5.91 Å². The zero-order valence-electron chi connectivity index (χ0n) is 20.7. The van der Waals surface area contributed by atoms with Gasteiger partial charge in [0, 0.05) is 27.6 Å². The van der Waals surface area contributed by atoms with E-state index in [0.29, 0.717) is 17.3 Å². The molecule has 1 aliphatic rings. The number of amides is 1. The fourth-order valence-electron chi connectivity index (χ4n) is 5.00. The lowest BCUT2D eigenvalue weighted by Crippen LogP contribution is -2.48. The van der Waals surface area contributed by atoms with Crippen LogP contribution in [0.2, 0.25) is 0 Å². The molecule has 0 aliphatic carbocycles. The summed E-state index contributed by atoms with van der Waals surface area (Å²) in [5.41, 5.74) is 8.02. The van der Waals surface area contributed by atoms with E-state index in [4.69, 9.17) is 9.15 Å². The van der Waals surface area contributed by atoms with Crippen molar-refractivity contribution in [2.24, 2.45) is 5.10 Å². The highest BCUT2D eigenvalue weighted by Crippen LogP contribution is 2.44. The average Bonchev–Trinajstić information content (AvgIpc) is 3.20. The molecule has 4 rings (SSSR count). The summed E-state index contributed by atoms with van der Waals surface area (Å²) in [4.78, 5) is 15.2. The van der Waals surface area contributed by atoms with Crippen LogP contribution in [-0.4, -0.2) is 31.3 Å². The summed E-state index contributed by atoms with van der Waals surface area (Å²) in [7, 11) is 1.57. The number of aryl methyl sites for hydroxylation is 1. The summed E-state index contributed by atoms with van der Waals surface area (Å²) in [6, 6.07) is 9.83. The minimum atomic E-state index is -0.412. The quantitative estimate of drug-likeness (QED) is 0.284. The molecule has 1 aliphatic heterocycles. The van der Waals surface area contributed by atoms with Crippen molar-refractivity contribution in [2.75, 3.05) is 18.6 Å². The van der Waals surface area contributed by atoms with Crippen molar-refractivity contribution >= 4 is 44.7 Å². The first-order valence-electron chi connectivity index (χ1n) is 11.7. The molecule has 0 saturated carbocycles. The molecular formula is C27H32BrN3O3. The maximum absolute atomic E-state index is 12.7. The number of carbonyl (C=O) groups excluding carboxylic acids is 1. The molecule has 0 radical (unpaired) electrons. The number of anilines is 1. The van der Waals surface area contributed by atoms with E-state index in [9.17, 15) is 4.79 Å². The van der Waals surface area contributed by atoms with Gasteiger partial charge in [0.1, 0.15) is 0 Å². The Hall–Kier alpha value is -2.80. The van der Waals surface area contributed by atoms with E-state index in [2.05, 4.69) is 78.1 Å². The number of hydrogen-bond acceptors (Lipinski definition) is 5. The largest absolute Gasteiger partial charge is 0.493 e. The van der Waals surface area contributed by atoms with Crippen LogP contribution >= 0.6 is 15.9 Å². The van der Waals surface area contributed by atoms with E-state index in [1.54, 1.807) is 25.5 Å². The van der Waals surface area contributed by atoms with Crippen LogP contribution in [-0.2, 0) is 0 Å². The highest BCUT2D eigenvalue weighted by Gasteiger charge is 2.36. The molecule has 1 atom stereocenters. The first-order chi connectivity index (χ1) is 16.1. The standard InChI is InChI=1S/C27H32BrN3O3/c1-7-8-31-22-9-16(2)19(11-21(22)17(3)14-27(31,4)5)15-29-30-26(32)24-12-18-10-20(28)13-23(33-6)25(18)34-24/h9-13,15,17H,7-8,14H2,1-6H3,(H,30,32)/b29-15-. The summed E-state index contributed by atoms with van der Waals surface area (Å²) in [5, 5.41) is 5.01. The van der Waals surface area contributed by atoms with Crippen molar-refractivity contribution < 1.29 is 13.9 Å². The van der Waals surface area contributed by atoms with Crippen molar-refractivity contribution in [3.05, 3.63) is 57.3 Å². The maximum Gasteiger partial charge on any atom is 0.307 e. The smallest absolute Gasteiger partial charge is 0.307 e. The van der Waals surface area contributed by atoms with E-state index >= 15 is 0 Å². The van der Waals surface area contributed by atoms with Crippen molar-refractivity contribution in [3.63, 3.8) is 0 Å². The maximum atomic E-state index is 12.7. The number of halogens is 1. The molecule has 0 fully saturated rings. The van der Waals surface area contributed by atoms with Gasteiger partial charge in [-0.15, -0.1) is 0 Å². The monoisotopic (exact) mass is 525 g/mol. The van der Waals surface area contributed by atoms with Gasteiger partial charge in [-0.1, -0.05) is 29.8 Å². The highest BCUT2D eigenvalue weighted by atomic mass is 79.9. The summed E-state index contributed by atoms with van der Waals surface area (Å²) < 4.78 is 11.9. The zero-order chi connectivity index (χ0) is 24.6. The van der Waals surface area contributed by atoms with Crippen LogP contribution in [0.5, 0.6) is 5.75 Å². The second-order valence-electron chi connectivity index (χ2n) is 9.67. The number of furan rings is 1. The van der Waals surface area contributed by atoms with E-state index < -0.39 is 5.91 Å². The van der Waals surface area contributed by atoms with E-state index in [0.717, 1.165) is 40.4 Å². The number of carbonyl (C=O) groups is 1. The Morgan fingerprint density at radius 3 is 2.79 bits per heavy atom. The fraction of sp³-hybridized carbons (Fsp3) is 0.407. The van der Waals surface area contributed by atoms with E-state index in [-0.39, 0.29) is 11.3 Å². The van der Waals surface area contributed by atoms with Crippen molar-refractivity contribution in [3.8, 4) is 5.75 Å². The molecule has 0 bridgehead atoms. The first kappa shape index (κ1) is 24.3. The molecule has 0 spiro atoms. The van der Waals surface area contributed by atoms with Crippen molar-refractivity contribution in [1.29, 1.82) is 0 Å². The molecule has 2 aromatic carbocycles. The Labute approximate surface area is 209 Å². The van der Waals surface area contributed by atoms with Gasteiger partial charge < -0.3 is 14.1 Å². The molecule has 1 amide bonds. The molecule has 2 heterocycles. The molecule has 1 aromatic heterocycles. The molecule has 3 aromatic rings. The third-order valence-corrected chi connectivity index (χ3v) is 7.04. The van der Waals surface area contributed by atoms with Crippen molar-refractivity contribution in [1.82, 2.24) is 5.43 Å². The Morgan fingerprint density at radius 2 is 2.09 bits per heavy atom. The Kier molecular flexibility index (Phi) is 6.76. The predicted molar refractivity (Wildman–Crippen MR) is 141 cm³/mol. The lowest BCUT2D eigenvalue weighted by atomic mass is 9.79. The van der Waals surface area contributed by atoms with Gasteiger partial charge in [-0.2, -0.15) is 5.10 Å². The summed E-state index contributed by atoms with van der Waals surface area (Å²) in [6.45, 7) is 12.3. The minimum absolute atomic E-state index is 0.128. The van der Waals surface area contributed by atoms with Gasteiger partial charge in [0.2, 0.25) is 0 Å². The predicted octanol–water partition coefficient (Wildman–Crippen LogP) is 6.78. The van der Waals surface area contributed by atoms with Crippen LogP contribution in [0.4, 0.5) is 5.69 Å². The molecule has 34 heavy (non-hydrogen) atoms. The van der Waals surface area contributed by atoms with Crippen LogP contribution in [0.25, 0.3) is 11.0 Å². The number of hydrazone groups is 1. The topological polar surface area (TPSA) is 67.1 Å². The Bertz CT molecular complexity index is 1260. The number of benzene rings is 2. The summed E-state index contributed by atoms with van der Waals surface area (Å²) >= 11 is 3.44. The number of ether oxygens (including phenoxy) is 1. The molecule has 1 N–H and O–H groups in total. The van der Waals surface area contributed by atoms with Crippen LogP contribution in [0, 0.1) is 6.92 Å². The molecule has 7 heteroatoms. The van der Waals surface area contributed by atoms with Gasteiger partial charge in [-0.25, -0.2) is 5.43 Å². The summed E-state index contributed by atoms with van der Waals surface area (Å²) in [5.74, 6) is 0.776. The van der Waals surface area contributed by atoms with Crippen LogP contribution in [0.1, 0.15) is 73.7 Å².